The topological polar surface area (TPSA) is 49.3 Å². The molecule has 0 radical (unpaired) electrons. The van der Waals surface area contributed by atoms with Crippen LogP contribution < -0.4 is 5.32 Å². The number of hydrogen-bond acceptors (Lipinski definition) is 2. The molecule has 2 N–H and O–H groups in total. The van der Waals surface area contributed by atoms with Gasteiger partial charge in [-0.2, -0.15) is 0 Å². The third-order valence-corrected chi connectivity index (χ3v) is 3.30. The summed E-state index contributed by atoms with van der Waals surface area (Å²) in [6.45, 7) is 3.08. The standard InChI is InChI=1S/C16H15F2NO2/c1-10-5-3-6-11(9-10)19-16(2,15(20)21)14-12(17)7-4-8-13(14)18/h3-9,19H,1-2H3,(H,20,21). The SMILES string of the molecule is Cc1cccc(NC(C)(C(=O)O)c2c(F)cccc2F)c1. The minimum Gasteiger partial charge on any atom is -0.479 e. The Labute approximate surface area is 121 Å². The molecule has 0 bridgehead atoms. The number of benzene rings is 2. The summed E-state index contributed by atoms with van der Waals surface area (Å²) in [6.07, 6.45) is 0. The van der Waals surface area contributed by atoms with Gasteiger partial charge in [-0.05, 0) is 43.7 Å². The molecule has 0 aliphatic heterocycles. The molecule has 0 saturated carbocycles. The molecule has 1 atom stereocenters. The van der Waals surface area contributed by atoms with Crippen molar-refractivity contribution in [1.82, 2.24) is 0 Å². The van der Waals surface area contributed by atoms with Gasteiger partial charge in [0.05, 0.1) is 5.56 Å². The first kappa shape index (κ1) is 15.0. The number of aliphatic carboxylic acids is 1. The number of carbonyl (C=O) groups is 1. The second-order valence-corrected chi connectivity index (χ2v) is 5.02. The van der Waals surface area contributed by atoms with E-state index in [-0.39, 0.29) is 0 Å². The summed E-state index contributed by atoms with van der Waals surface area (Å²) in [6, 6.07) is 10.2. The van der Waals surface area contributed by atoms with Crippen LogP contribution in [0, 0.1) is 18.6 Å². The van der Waals surface area contributed by atoms with Gasteiger partial charge < -0.3 is 10.4 Å². The molecule has 0 fully saturated rings. The Morgan fingerprint density at radius 3 is 2.24 bits per heavy atom. The molecule has 2 aromatic carbocycles. The molecule has 0 aromatic heterocycles. The molecule has 3 nitrogen and oxygen atoms in total. The zero-order valence-corrected chi connectivity index (χ0v) is 11.7. The Hall–Kier alpha value is -2.43. The van der Waals surface area contributed by atoms with Crippen molar-refractivity contribution >= 4 is 11.7 Å². The van der Waals surface area contributed by atoms with E-state index in [4.69, 9.17) is 0 Å². The van der Waals surface area contributed by atoms with Gasteiger partial charge in [-0.25, -0.2) is 13.6 Å². The van der Waals surface area contributed by atoms with Crippen molar-refractivity contribution in [2.24, 2.45) is 0 Å². The Balaban J connectivity index is 2.53. The number of nitrogens with one attached hydrogen (secondary N) is 1. The van der Waals surface area contributed by atoms with Gasteiger partial charge in [-0.15, -0.1) is 0 Å². The molecule has 2 rings (SSSR count). The highest BCUT2D eigenvalue weighted by atomic mass is 19.1. The average Bonchev–Trinajstić information content (AvgIpc) is 2.38. The molecule has 1 unspecified atom stereocenters. The number of anilines is 1. The van der Waals surface area contributed by atoms with Crippen LogP contribution in [0.1, 0.15) is 18.1 Å². The Kier molecular flexibility index (Phi) is 3.93. The fourth-order valence-corrected chi connectivity index (χ4v) is 2.21. The number of carboxylic acids is 1. The predicted molar refractivity (Wildman–Crippen MR) is 76.1 cm³/mol. The van der Waals surface area contributed by atoms with Crippen molar-refractivity contribution in [1.29, 1.82) is 0 Å². The van der Waals surface area contributed by atoms with Crippen LogP contribution in [0.3, 0.4) is 0 Å². The summed E-state index contributed by atoms with van der Waals surface area (Å²) < 4.78 is 27.9. The molecule has 110 valence electrons. The first-order chi connectivity index (χ1) is 9.84. The zero-order chi connectivity index (χ0) is 15.6. The van der Waals surface area contributed by atoms with Crippen LogP contribution in [-0.2, 0) is 10.3 Å². The number of halogens is 2. The van der Waals surface area contributed by atoms with Crippen molar-refractivity contribution in [3.05, 3.63) is 65.2 Å². The molecule has 0 amide bonds. The zero-order valence-electron chi connectivity index (χ0n) is 11.7. The van der Waals surface area contributed by atoms with E-state index in [1.807, 2.05) is 13.0 Å². The molecular formula is C16H15F2NO2. The van der Waals surface area contributed by atoms with Crippen molar-refractivity contribution in [2.75, 3.05) is 5.32 Å². The number of rotatable bonds is 4. The second-order valence-electron chi connectivity index (χ2n) is 5.02. The van der Waals surface area contributed by atoms with Crippen molar-refractivity contribution in [2.45, 2.75) is 19.4 Å². The molecule has 2 aromatic rings. The van der Waals surface area contributed by atoms with Crippen LogP contribution in [0.4, 0.5) is 14.5 Å². The van der Waals surface area contributed by atoms with Gasteiger partial charge in [0.2, 0.25) is 0 Å². The highest BCUT2D eigenvalue weighted by Gasteiger charge is 2.40. The molecule has 0 saturated heterocycles. The fraction of sp³-hybridized carbons (Fsp3) is 0.188. The number of aryl methyl sites for hydroxylation is 1. The van der Waals surface area contributed by atoms with Crippen molar-refractivity contribution in [3.63, 3.8) is 0 Å². The van der Waals surface area contributed by atoms with Gasteiger partial charge in [0.1, 0.15) is 11.6 Å². The predicted octanol–water partition coefficient (Wildman–Crippen LogP) is 3.69. The highest BCUT2D eigenvalue weighted by Crippen LogP contribution is 2.31. The maximum atomic E-state index is 13.9. The van der Waals surface area contributed by atoms with Gasteiger partial charge in [0.25, 0.3) is 0 Å². The van der Waals surface area contributed by atoms with Gasteiger partial charge in [-0.3, -0.25) is 0 Å². The Morgan fingerprint density at radius 1 is 1.14 bits per heavy atom. The number of carboxylic acid groups (broad SMARTS) is 1. The third-order valence-electron chi connectivity index (χ3n) is 3.30. The molecule has 0 aliphatic carbocycles. The first-order valence-electron chi connectivity index (χ1n) is 6.37. The van der Waals surface area contributed by atoms with Crippen LogP contribution in [0.15, 0.2) is 42.5 Å². The lowest BCUT2D eigenvalue weighted by atomic mass is 9.90. The third kappa shape index (κ3) is 2.86. The highest BCUT2D eigenvalue weighted by molar-refractivity contribution is 5.84. The van der Waals surface area contributed by atoms with Crippen LogP contribution in [0.2, 0.25) is 0 Å². The van der Waals surface area contributed by atoms with E-state index in [2.05, 4.69) is 5.32 Å². The van der Waals surface area contributed by atoms with E-state index in [1.165, 1.54) is 13.0 Å². The monoisotopic (exact) mass is 291 g/mol. The molecule has 0 heterocycles. The van der Waals surface area contributed by atoms with Crippen LogP contribution in [0.25, 0.3) is 0 Å². The average molecular weight is 291 g/mol. The normalized spacial score (nSPS) is 13.5. The van der Waals surface area contributed by atoms with E-state index in [1.54, 1.807) is 18.2 Å². The van der Waals surface area contributed by atoms with Gasteiger partial charge in [-0.1, -0.05) is 18.2 Å². The summed E-state index contributed by atoms with van der Waals surface area (Å²) in [4.78, 5) is 11.6. The van der Waals surface area contributed by atoms with Crippen molar-refractivity contribution in [3.8, 4) is 0 Å². The van der Waals surface area contributed by atoms with E-state index in [0.717, 1.165) is 17.7 Å². The quantitative estimate of drug-likeness (QED) is 0.903. The Morgan fingerprint density at radius 2 is 1.71 bits per heavy atom. The molecule has 5 heteroatoms. The molecule has 0 aliphatic rings. The lowest BCUT2D eigenvalue weighted by Crippen LogP contribution is -2.42. The van der Waals surface area contributed by atoms with Crippen LogP contribution in [-0.4, -0.2) is 11.1 Å². The fourth-order valence-electron chi connectivity index (χ4n) is 2.21. The summed E-state index contributed by atoms with van der Waals surface area (Å²) in [5, 5.41) is 12.2. The lowest BCUT2D eigenvalue weighted by Gasteiger charge is -2.28. The smallest absolute Gasteiger partial charge is 0.333 e. The van der Waals surface area contributed by atoms with Crippen molar-refractivity contribution < 1.29 is 18.7 Å². The number of hydrogen-bond donors (Lipinski definition) is 2. The van der Waals surface area contributed by atoms with E-state index in [0.29, 0.717) is 5.69 Å². The summed E-state index contributed by atoms with van der Waals surface area (Å²) in [7, 11) is 0. The van der Waals surface area contributed by atoms with Crippen LogP contribution in [0.5, 0.6) is 0 Å². The van der Waals surface area contributed by atoms with E-state index in [9.17, 15) is 18.7 Å². The summed E-state index contributed by atoms with van der Waals surface area (Å²) in [5.74, 6) is -3.17. The minimum atomic E-state index is -1.91. The molecule has 0 spiro atoms. The minimum absolute atomic E-state index is 0.475. The van der Waals surface area contributed by atoms with Gasteiger partial charge >= 0.3 is 5.97 Å². The van der Waals surface area contributed by atoms with E-state index >= 15 is 0 Å². The second kappa shape index (κ2) is 5.52. The first-order valence-corrected chi connectivity index (χ1v) is 6.37. The van der Waals surface area contributed by atoms with Gasteiger partial charge in [0, 0.05) is 5.69 Å². The maximum Gasteiger partial charge on any atom is 0.333 e. The van der Waals surface area contributed by atoms with Gasteiger partial charge in [0.15, 0.2) is 5.54 Å². The molecule has 21 heavy (non-hydrogen) atoms. The molecular weight excluding hydrogens is 276 g/mol. The van der Waals surface area contributed by atoms with Crippen LogP contribution >= 0.6 is 0 Å². The summed E-state index contributed by atoms with van der Waals surface area (Å²) in [5.41, 5.74) is -1.05. The lowest BCUT2D eigenvalue weighted by molar-refractivity contribution is -0.142. The maximum absolute atomic E-state index is 13.9. The largest absolute Gasteiger partial charge is 0.479 e. The Bertz CT molecular complexity index is 667. The van der Waals surface area contributed by atoms with E-state index < -0.39 is 28.7 Å². The summed E-state index contributed by atoms with van der Waals surface area (Å²) >= 11 is 0.